The molecule has 2 amide bonds. The largest absolute Gasteiger partial charge is 0.447 e. The molecule has 2 heterocycles. The molecule has 0 bridgehead atoms. The van der Waals surface area contributed by atoms with Crippen LogP contribution in [0.4, 0.5) is 10.5 Å². The van der Waals surface area contributed by atoms with Crippen molar-refractivity contribution in [3.8, 4) is 0 Å². The molecule has 4 rings (SSSR count). The van der Waals surface area contributed by atoms with Crippen LogP contribution in [-0.4, -0.2) is 36.1 Å². The van der Waals surface area contributed by atoms with Crippen LogP contribution in [0.3, 0.4) is 0 Å². The van der Waals surface area contributed by atoms with Gasteiger partial charge in [-0.05, 0) is 43.4 Å². The van der Waals surface area contributed by atoms with Crippen molar-refractivity contribution in [2.45, 2.75) is 45.2 Å². The molecule has 0 spiro atoms. The van der Waals surface area contributed by atoms with Crippen molar-refractivity contribution in [1.29, 1.82) is 0 Å². The van der Waals surface area contributed by atoms with Crippen molar-refractivity contribution in [1.82, 2.24) is 4.90 Å². The zero-order valence-electron chi connectivity index (χ0n) is 13.5. The Balaban J connectivity index is 1.69. The van der Waals surface area contributed by atoms with Crippen LogP contribution in [0, 0.1) is 12.8 Å². The Bertz CT molecular complexity index is 654. The predicted molar refractivity (Wildman–Crippen MR) is 86.2 cm³/mol. The molecule has 0 aromatic heterocycles. The minimum absolute atomic E-state index is 0.0278. The van der Waals surface area contributed by atoms with Gasteiger partial charge in [0, 0.05) is 19.0 Å². The van der Waals surface area contributed by atoms with E-state index < -0.39 is 0 Å². The van der Waals surface area contributed by atoms with Crippen molar-refractivity contribution in [3.05, 3.63) is 29.3 Å². The minimum atomic E-state index is -0.263. The Morgan fingerprint density at radius 1 is 1.26 bits per heavy atom. The zero-order chi connectivity index (χ0) is 16.0. The van der Waals surface area contributed by atoms with E-state index in [1.165, 1.54) is 6.42 Å². The third kappa shape index (κ3) is 2.48. The lowest BCUT2D eigenvalue weighted by molar-refractivity contribution is -0.139. The van der Waals surface area contributed by atoms with Crippen LogP contribution in [0.5, 0.6) is 0 Å². The number of aryl methyl sites for hydroxylation is 1. The summed E-state index contributed by atoms with van der Waals surface area (Å²) in [5, 5.41) is 0. The van der Waals surface area contributed by atoms with E-state index in [0.29, 0.717) is 19.7 Å². The van der Waals surface area contributed by atoms with E-state index in [0.717, 1.165) is 36.1 Å². The number of benzene rings is 1. The van der Waals surface area contributed by atoms with Crippen LogP contribution in [0.15, 0.2) is 18.2 Å². The number of carbonyl (C=O) groups excluding carboxylic acids is 2. The maximum absolute atomic E-state index is 12.7. The molecule has 0 radical (unpaired) electrons. The maximum atomic E-state index is 12.7. The number of anilines is 1. The van der Waals surface area contributed by atoms with E-state index in [1.54, 1.807) is 4.90 Å². The van der Waals surface area contributed by atoms with Gasteiger partial charge in [-0.15, -0.1) is 0 Å². The zero-order valence-corrected chi connectivity index (χ0v) is 13.5. The first-order chi connectivity index (χ1) is 11.1. The molecule has 2 fully saturated rings. The van der Waals surface area contributed by atoms with Gasteiger partial charge in [-0.25, -0.2) is 4.79 Å². The summed E-state index contributed by atoms with van der Waals surface area (Å²) in [6.07, 6.45) is 3.72. The number of amides is 2. The monoisotopic (exact) mass is 314 g/mol. The molecular weight excluding hydrogens is 292 g/mol. The van der Waals surface area contributed by atoms with Gasteiger partial charge in [-0.1, -0.05) is 18.6 Å². The molecule has 5 nitrogen and oxygen atoms in total. The highest BCUT2D eigenvalue weighted by Gasteiger charge is 2.38. The molecule has 1 aromatic carbocycles. The molecule has 5 heteroatoms. The third-order valence-electron chi connectivity index (χ3n) is 5.32. The molecule has 1 aromatic rings. The molecule has 1 aliphatic carbocycles. The Morgan fingerprint density at radius 3 is 2.83 bits per heavy atom. The summed E-state index contributed by atoms with van der Waals surface area (Å²) in [6, 6.07) is 6.15. The van der Waals surface area contributed by atoms with E-state index in [1.807, 2.05) is 30.0 Å². The lowest BCUT2D eigenvalue weighted by atomic mass is 9.84. The van der Waals surface area contributed by atoms with Gasteiger partial charge in [-0.3, -0.25) is 9.69 Å². The number of hydrogen-bond donors (Lipinski definition) is 0. The van der Waals surface area contributed by atoms with Crippen LogP contribution in [0.1, 0.15) is 36.8 Å². The van der Waals surface area contributed by atoms with Gasteiger partial charge in [0.15, 0.2) is 0 Å². The van der Waals surface area contributed by atoms with Gasteiger partial charge in [0.1, 0.15) is 6.61 Å². The number of nitrogens with zero attached hydrogens (tertiary/aromatic N) is 2. The second kappa shape index (κ2) is 5.55. The highest BCUT2D eigenvalue weighted by molar-refractivity contribution is 5.91. The van der Waals surface area contributed by atoms with Crippen LogP contribution in [0.2, 0.25) is 0 Å². The van der Waals surface area contributed by atoms with Gasteiger partial charge in [-0.2, -0.15) is 0 Å². The van der Waals surface area contributed by atoms with Crippen molar-refractivity contribution in [3.63, 3.8) is 0 Å². The van der Waals surface area contributed by atoms with Crippen molar-refractivity contribution >= 4 is 17.7 Å². The van der Waals surface area contributed by atoms with Gasteiger partial charge in [0.05, 0.1) is 11.7 Å². The van der Waals surface area contributed by atoms with Gasteiger partial charge in [0.25, 0.3) is 0 Å². The first-order valence-corrected chi connectivity index (χ1v) is 8.48. The van der Waals surface area contributed by atoms with Crippen LogP contribution < -0.4 is 4.90 Å². The summed E-state index contributed by atoms with van der Waals surface area (Å²) in [5.74, 6) is 0.488. The van der Waals surface area contributed by atoms with Crippen LogP contribution in [0.25, 0.3) is 0 Å². The van der Waals surface area contributed by atoms with Gasteiger partial charge < -0.3 is 9.64 Å². The molecule has 1 saturated heterocycles. The van der Waals surface area contributed by atoms with Crippen LogP contribution in [-0.2, 0) is 16.1 Å². The molecule has 122 valence electrons. The molecule has 0 unspecified atom stereocenters. The molecule has 23 heavy (non-hydrogen) atoms. The van der Waals surface area contributed by atoms with Crippen molar-refractivity contribution in [2.24, 2.45) is 5.92 Å². The maximum Gasteiger partial charge on any atom is 0.414 e. The molecule has 1 saturated carbocycles. The normalized spacial score (nSPS) is 24.2. The smallest absolute Gasteiger partial charge is 0.414 e. The summed E-state index contributed by atoms with van der Waals surface area (Å²) in [7, 11) is 0. The SMILES string of the molecule is Cc1ccc2c(c1)N1C(=O)OC[C@@H]1CCN(C(=O)C1CCC1)C2. The molecular formula is C18H22N2O3. The van der Waals surface area contributed by atoms with Crippen molar-refractivity contribution in [2.75, 3.05) is 18.1 Å². The standard InChI is InChI=1S/C18H22N2O3/c1-12-5-6-14-10-19(17(21)13-3-2-4-13)8-7-15-11-23-18(22)20(15)16(14)9-12/h5-6,9,13,15H,2-4,7-8,10-11H2,1H3/t15-/m0/s1. The fourth-order valence-electron chi connectivity index (χ4n) is 3.69. The van der Waals surface area contributed by atoms with Gasteiger partial charge in [0.2, 0.25) is 5.91 Å². The Hall–Kier alpha value is -2.04. The lowest BCUT2D eigenvalue weighted by Gasteiger charge is -2.36. The predicted octanol–water partition coefficient (Wildman–Crippen LogP) is 2.85. The molecule has 1 atom stereocenters. The van der Waals surface area contributed by atoms with Crippen molar-refractivity contribution < 1.29 is 14.3 Å². The quantitative estimate of drug-likeness (QED) is 0.801. The number of rotatable bonds is 1. The van der Waals surface area contributed by atoms with Crippen LogP contribution >= 0.6 is 0 Å². The van der Waals surface area contributed by atoms with Gasteiger partial charge >= 0.3 is 6.09 Å². The number of cyclic esters (lactones) is 1. The van der Waals surface area contributed by atoms with E-state index in [2.05, 4.69) is 0 Å². The Kier molecular flexibility index (Phi) is 3.51. The number of fused-ring (bicyclic) bond motifs is 3. The molecule has 0 N–H and O–H groups in total. The summed E-state index contributed by atoms with van der Waals surface area (Å²) >= 11 is 0. The Labute approximate surface area is 136 Å². The topological polar surface area (TPSA) is 49.9 Å². The first-order valence-electron chi connectivity index (χ1n) is 8.48. The third-order valence-corrected chi connectivity index (χ3v) is 5.32. The fourth-order valence-corrected chi connectivity index (χ4v) is 3.69. The average molecular weight is 314 g/mol. The van der Waals surface area contributed by atoms with E-state index in [4.69, 9.17) is 4.74 Å². The second-order valence-corrected chi connectivity index (χ2v) is 6.91. The highest BCUT2D eigenvalue weighted by Crippen LogP contribution is 2.34. The summed E-state index contributed by atoms with van der Waals surface area (Å²) in [5.41, 5.74) is 3.05. The molecule has 3 aliphatic rings. The molecule has 2 aliphatic heterocycles. The first kappa shape index (κ1) is 14.5. The average Bonchev–Trinajstić information content (AvgIpc) is 2.81. The number of hydrogen-bond acceptors (Lipinski definition) is 3. The fraction of sp³-hybridized carbons (Fsp3) is 0.556. The van der Waals surface area contributed by atoms with E-state index >= 15 is 0 Å². The second-order valence-electron chi connectivity index (χ2n) is 6.91. The number of ether oxygens (including phenoxy) is 1. The number of carbonyl (C=O) groups is 2. The minimum Gasteiger partial charge on any atom is -0.447 e. The Morgan fingerprint density at radius 2 is 2.09 bits per heavy atom. The summed E-state index contributed by atoms with van der Waals surface area (Å²) in [6.45, 7) is 3.71. The summed E-state index contributed by atoms with van der Waals surface area (Å²) in [4.78, 5) is 28.6. The summed E-state index contributed by atoms with van der Waals surface area (Å²) < 4.78 is 5.27. The van der Waals surface area contributed by atoms with E-state index in [9.17, 15) is 9.59 Å². The highest BCUT2D eigenvalue weighted by atomic mass is 16.6. The van der Waals surface area contributed by atoms with E-state index in [-0.39, 0.29) is 24.0 Å². The lowest BCUT2D eigenvalue weighted by Crippen LogP contribution is -2.44.